The summed E-state index contributed by atoms with van der Waals surface area (Å²) < 4.78 is 5.15. The van der Waals surface area contributed by atoms with Crippen LogP contribution in [0.3, 0.4) is 0 Å². The summed E-state index contributed by atoms with van der Waals surface area (Å²) >= 11 is 0. The van der Waals surface area contributed by atoms with Gasteiger partial charge in [0.1, 0.15) is 5.75 Å². The van der Waals surface area contributed by atoms with Gasteiger partial charge in [-0.15, -0.1) is 0 Å². The maximum Gasteiger partial charge on any atom is 0.252 e. The van der Waals surface area contributed by atoms with Gasteiger partial charge in [-0.2, -0.15) is 0 Å². The average molecular weight is 232 g/mol. The monoisotopic (exact) mass is 232 g/mol. The van der Waals surface area contributed by atoms with E-state index in [1.54, 1.807) is 6.07 Å². The number of methoxy groups -OCH3 is 1. The van der Waals surface area contributed by atoms with E-state index in [1.807, 2.05) is 6.07 Å². The molecule has 0 saturated carbocycles. The summed E-state index contributed by atoms with van der Waals surface area (Å²) in [4.78, 5) is 14.1. The van der Waals surface area contributed by atoms with Crippen molar-refractivity contribution in [2.24, 2.45) is 5.11 Å². The van der Waals surface area contributed by atoms with Crippen molar-refractivity contribution in [3.63, 3.8) is 0 Å². The lowest BCUT2D eigenvalue weighted by molar-refractivity contribution is 0.0997. The van der Waals surface area contributed by atoms with Crippen LogP contribution in [-0.2, 0) is 13.0 Å². The van der Waals surface area contributed by atoms with Gasteiger partial charge >= 0.3 is 0 Å². The van der Waals surface area contributed by atoms with Crippen molar-refractivity contribution in [2.45, 2.75) is 13.0 Å². The van der Waals surface area contributed by atoms with E-state index in [-0.39, 0.29) is 0 Å². The molecule has 1 aromatic carbocycles. The molecule has 1 heterocycles. The van der Waals surface area contributed by atoms with Crippen molar-refractivity contribution >= 4 is 5.91 Å². The standard InChI is InChI=1S/C11H12N4O2/c1-17-10-5-8-6-13-3-2-7(8)4-9(10)11(16)14-15-12/h4-5,13H,2-3,6H2,1H3. The van der Waals surface area contributed by atoms with E-state index in [0.29, 0.717) is 11.3 Å². The predicted octanol–water partition coefficient (Wildman–Crippen LogP) is 1.79. The number of azide groups is 1. The highest BCUT2D eigenvalue weighted by Gasteiger charge is 2.17. The zero-order valence-corrected chi connectivity index (χ0v) is 9.43. The molecule has 0 aliphatic carbocycles. The third-order valence-electron chi connectivity index (χ3n) is 2.77. The molecule has 0 radical (unpaired) electrons. The molecule has 0 saturated heterocycles. The SMILES string of the molecule is COc1cc2c(cc1C(=O)N=[N+]=[N-])CCNC2. The van der Waals surface area contributed by atoms with E-state index in [0.717, 1.165) is 30.6 Å². The molecule has 1 aliphatic heterocycles. The molecule has 6 heteroatoms. The Bertz CT molecular complexity index is 506. The Morgan fingerprint density at radius 2 is 2.35 bits per heavy atom. The molecule has 2 rings (SSSR count). The van der Waals surface area contributed by atoms with Crippen LogP contribution in [0.2, 0.25) is 0 Å². The van der Waals surface area contributed by atoms with Gasteiger partial charge in [-0.1, -0.05) is 0 Å². The number of benzene rings is 1. The van der Waals surface area contributed by atoms with Crippen molar-refractivity contribution in [3.8, 4) is 5.75 Å². The van der Waals surface area contributed by atoms with Crippen LogP contribution in [0.5, 0.6) is 5.75 Å². The van der Waals surface area contributed by atoms with E-state index >= 15 is 0 Å². The quantitative estimate of drug-likeness (QED) is 0.479. The Balaban J connectivity index is 2.50. The summed E-state index contributed by atoms with van der Waals surface area (Å²) in [5.41, 5.74) is 10.8. The minimum absolute atomic E-state index is 0.325. The van der Waals surface area contributed by atoms with Gasteiger partial charge in [0, 0.05) is 11.5 Å². The van der Waals surface area contributed by atoms with E-state index < -0.39 is 5.91 Å². The van der Waals surface area contributed by atoms with Gasteiger partial charge in [0.2, 0.25) is 0 Å². The van der Waals surface area contributed by atoms with E-state index in [1.165, 1.54) is 7.11 Å². The van der Waals surface area contributed by atoms with E-state index in [9.17, 15) is 4.79 Å². The number of rotatable bonds is 2. The second-order valence-corrected chi connectivity index (χ2v) is 3.74. The molecule has 1 aromatic rings. The van der Waals surface area contributed by atoms with Crippen LogP contribution in [0.15, 0.2) is 17.2 Å². The molecule has 17 heavy (non-hydrogen) atoms. The third-order valence-corrected chi connectivity index (χ3v) is 2.77. The second-order valence-electron chi connectivity index (χ2n) is 3.74. The topological polar surface area (TPSA) is 87.1 Å². The molecule has 0 spiro atoms. The largest absolute Gasteiger partial charge is 0.496 e. The molecule has 0 atom stereocenters. The summed E-state index contributed by atoms with van der Waals surface area (Å²) in [5, 5.41) is 6.34. The van der Waals surface area contributed by atoms with Gasteiger partial charge in [0.05, 0.1) is 12.7 Å². The summed E-state index contributed by atoms with van der Waals surface area (Å²) in [5.74, 6) is -0.157. The summed E-state index contributed by atoms with van der Waals surface area (Å²) in [6, 6.07) is 3.58. The number of ether oxygens (including phenoxy) is 1. The summed E-state index contributed by atoms with van der Waals surface area (Å²) in [7, 11) is 1.49. The Hall–Kier alpha value is -2.04. The van der Waals surface area contributed by atoms with Gasteiger partial charge in [0.25, 0.3) is 5.91 Å². The Morgan fingerprint density at radius 1 is 1.53 bits per heavy atom. The second kappa shape index (κ2) is 4.86. The lowest BCUT2D eigenvalue weighted by Gasteiger charge is -2.19. The molecule has 1 amide bonds. The average Bonchev–Trinajstić information content (AvgIpc) is 2.37. The van der Waals surface area contributed by atoms with Crippen molar-refractivity contribution < 1.29 is 9.53 Å². The maximum atomic E-state index is 11.6. The normalized spacial score (nSPS) is 13.5. The Morgan fingerprint density at radius 3 is 3.06 bits per heavy atom. The number of hydrogen-bond acceptors (Lipinski definition) is 3. The molecule has 0 unspecified atom stereocenters. The van der Waals surface area contributed by atoms with Crippen LogP contribution in [0.4, 0.5) is 0 Å². The molecule has 88 valence electrons. The fourth-order valence-electron chi connectivity index (χ4n) is 1.94. The van der Waals surface area contributed by atoms with E-state index in [4.69, 9.17) is 10.3 Å². The van der Waals surface area contributed by atoms with Crippen LogP contribution in [0, 0.1) is 0 Å². The minimum Gasteiger partial charge on any atom is -0.496 e. The molecule has 0 aromatic heterocycles. The Kier molecular flexibility index (Phi) is 3.27. The fraction of sp³-hybridized carbons (Fsp3) is 0.364. The summed E-state index contributed by atoms with van der Waals surface area (Å²) in [6.07, 6.45) is 0.857. The van der Waals surface area contributed by atoms with Crippen molar-refractivity contribution in [1.29, 1.82) is 0 Å². The number of amides is 1. The molecular weight excluding hydrogens is 220 g/mol. The predicted molar refractivity (Wildman–Crippen MR) is 61.9 cm³/mol. The maximum absolute atomic E-state index is 11.6. The smallest absolute Gasteiger partial charge is 0.252 e. The van der Waals surface area contributed by atoms with Crippen molar-refractivity contribution in [2.75, 3.05) is 13.7 Å². The van der Waals surface area contributed by atoms with Gasteiger partial charge in [-0.05, 0) is 46.9 Å². The van der Waals surface area contributed by atoms with Gasteiger partial charge in [0.15, 0.2) is 0 Å². The number of nitrogens with zero attached hydrogens (tertiary/aromatic N) is 3. The first-order valence-electron chi connectivity index (χ1n) is 5.26. The zero-order valence-electron chi connectivity index (χ0n) is 9.43. The van der Waals surface area contributed by atoms with Crippen LogP contribution < -0.4 is 10.1 Å². The third kappa shape index (κ3) is 2.22. The first-order valence-corrected chi connectivity index (χ1v) is 5.26. The number of carbonyl (C=O) groups is 1. The minimum atomic E-state index is -0.606. The highest BCUT2D eigenvalue weighted by Crippen LogP contribution is 2.26. The molecule has 0 bridgehead atoms. The number of hydrogen-bond donors (Lipinski definition) is 1. The fourth-order valence-corrected chi connectivity index (χ4v) is 1.94. The highest BCUT2D eigenvalue weighted by atomic mass is 16.5. The Labute approximate surface area is 98.2 Å². The lowest BCUT2D eigenvalue weighted by Crippen LogP contribution is -2.24. The number of nitrogens with one attached hydrogen (secondary N) is 1. The zero-order chi connectivity index (χ0) is 12.3. The summed E-state index contributed by atoms with van der Waals surface area (Å²) in [6.45, 7) is 1.65. The molecule has 6 nitrogen and oxygen atoms in total. The van der Waals surface area contributed by atoms with Crippen LogP contribution >= 0.6 is 0 Å². The van der Waals surface area contributed by atoms with Gasteiger partial charge in [-0.3, -0.25) is 4.79 Å². The highest BCUT2D eigenvalue weighted by molar-refractivity contribution is 5.97. The van der Waals surface area contributed by atoms with E-state index in [2.05, 4.69) is 15.3 Å². The first-order chi connectivity index (χ1) is 8.26. The molecule has 0 fully saturated rings. The number of carbonyl (C=O) groups excluding carboxylic acids is 1. The van der Waals surface area contributed by atoms with Gasteiger partial charge < -0.3 is 10.1 Å². The molecule has 1 aliphatic rings. The number of fused-ring (bicyclic) bond motifs is 1. The van der Waals surface area contributed by atoms with Crippen molar-refractivity contribution in [3.05, 3.63) is 39.3 Å². The van der Waals surface area contributed by atoms with Crippen LogP contribution in [-0.4, -0.2) is 19.6 Å². The molecular formula is C11H12N4O2. The van der Waals surface area contributed by atoms with Gasteiger partial charge in [-0.25, -0.2) is 0 Å². The molecule has 1 N–H and O–H groups in total. The lowest BCUT2D eigenvalue weighted by atomic mass is 9.97. The van der Waals surface area contributed by atoms with Crippen molar-refractivity contribution in [1.82, 2.24) is 5.32 Å². The van der Waals surface area contributed by atoms with Crippen LogP contribution in [0.25, 0.3) is 10.4 Å². The first kappa shape index (κ1) is 11.4. The van der Waals surface area contributed by atoms with Crippen LogP contribution in [0.1, 0.15) is 21.5 Å².